The van der Waals surface area contributed by atoms with Crippen LogP contribution in [0.25, 0.3) is 0 Å². The van der Waals surface area contributed by atoms with Crippen molar-refractivity contribution in [2.24, 2.45) is 0 Å². The van der Waals surface area contributed by atoms with Gasteiger partial charge in [-0.1, -0.05) is 6.07 Å². The van der Waals surface area contributed by atoms with E-state index in [4.69, 9.17) is 0 Å². The van der Waals surface area contributed by atoms with Gasteiger partial charge < -0.3 is 9.88 Å². The monoisotopic (exact) mass is 397 g/mol. The van der Waals surface area contributed by atoms with Crippen LogP contribution in [0, 0.1) is 0 Å². The predicted octanol–water partition coefficient (Wildman–Crippen LogP) is 3.06. The molecule has 0 aliphatic carbocycles. The Labute approximate surface area is 133 Å². The van der Waals surface area contributed by atoms with Crippen LogP contribution in [0.5, 0.6) is 0 Å². The van der Waals surface area contributed by atoms with Gasteiger partial charge in [0.15, 0.2) is 0 Å². The van der Waals surface area contributed by atoms with Gasteiger partial charge in [0.05, 0.1) is 15.5 Å². The maximum absolute atomic E-state index is 12.3. The molecule has 0 unspecified atom stereocenters. The topological polar surface area (TPSA) is 49.0 Å². The van der Waals surface area contributed by atoms with Crippen molar-refractivity contribution >= 4 is 37.8 Å². The zero-order valence-corrected chi connectivity index (χ0v) is 13.9. The summed E-state index contributed by atoms with van der Waals surface area (Å²) in [6, 6.07) is 5.65. The third-order valence-electron chi connectivity index (χ3n) is 3.47. The number of hydrogen-bond donors (Lipinski definition) is 1. The Hall–Kier alpha value is -1.14. The fourth-order valence-electron chi connectivity index (χ4n) is 2.40. The molecule has 1 N–H and O–H groups in total. The third-order valence-corrected chi connectivity index (χ3v) is 5.48. The van der Waals surface area contributed by atoms with E-state index in [1.54, 1.807) is 6.20 Å². The minimum absolute atomic E-state index is 0.124. The van der Waals surface area contributed by atoms with Gasteiger partial charge in [-0.2, -0.15) is 0 Å². The Balaban J connectivity index is 1.73. The summed E-state index contributed by atoms with van der Waals surface area (Å²) < 4.78 is 1.96. The van der Waals surface area contributed by atoms with Gasteiger partial charge in [0, 0.05) is 42.7 Å². The van der Waals surface area contributed by atoms with Crippen LogP contribution < -0.4 is 0 Å². The minimum Gasteiger partial charge on any atom is -0.352 e. The molecule has 1 amide bonds. The van der Waals surface area contributed by atoms with Crippen LogP contribution in [0.1, 0.15) is 17.0 Å². The van der Waals surface area contributed by atoms with E-state index in [0.29, 0.717) is 13.0 Å². The minimum atomic E-state index is 0.124. The van der Waals surface area contributed by atoms with Crippen molar-refractivity contribution < 1.29 is 4.79 Å². The quantitative estimate of drug-likeness (QED) is 0.844. The third kappa shape index (κ3) is 2.67. The number of nitrogens with zero attached hydrogens (tertiary/aromatic N) is 2. The molecule has 0 aromatic carbocycles. The van der Waals surface area contributed by atoms with Crippen LogP contribution in [-0.4, -0.2) is 27.3 Å². The van der Waals surface area contributed by atoms with Crippen molar-refractivity contribution in [2.45, 2.75) is 19.4 Å². The van der Waals surface area contributed by atoms with Gasteiger partial charge >= 0.3 is 0 Å². The summed E-state index contributed by atoms with van der Waals surface area (Å²) in [5.74, 6) is 0.124. The molecule has 0 bridgehead atoms. The Morgan fingerprint density at radius 3 is 3.00 bits per heavy atom. The highest BCUT2D eigenvalue weighted by Gasteiger charge is 2.25. The standard InChI is InChI=1S/C14H13Br2N3O/c15-13-10-8-19(6-4-11(10)18-14(13)16)12(20)7-9-3-1-2-5-17-9/h1-3,5,18H,4,6-8H2. The molecule has 0 atom stereocenters. The van der Waals surface area contributed by atoms with E-state index in [1.165, 1.54) is 5.69 Å². The summed E-state index contributed by atoms with van der Waals surface area (Å²) in [6.07, 6.45) is 2.93. The highest BCUT2D eigenvalue weighted by molar-refractivity contribution is 9.13. The van der Waals surface area contributed by atoms with E-state index >= 15 is 0 Å². The molecule has 0 spiro atoms. The lowest BCUT2D eigenvalue weighted by molar-refractivity contribution is -0.131. The summed E-state index contributed by atoms with van der Waals surface area (Å²) in [6.45, 7) is 1.39. The summed E-state index contributed by atoms with van der Waals surface area (Å²) in [5.41, 5.74) is 3.18. The molecule has 0 radical (unpaired) electrons. The molecular formula is C14H13Br2N3O. The largest absolute Gasteiger partial charge is 0.352 e. The van der Waals surface area contributed by atoms with Crippen LogP contribution in [-0.2, 0) is 24.2 Å². The summed E-state index contributed by atoms with van der Waals surface area (Å²) in [4.78, 5) is 21.7. The normalized spacial score (nSPS) is 14.2. The zero-order valence-electron chi connectivity index (χ0n) is 10.7. The van der Waals surface area contributed by atoms with Crippen LogP contribution in [0.2, 0.25) is 0 Å². The van der Waals surface area contributed by atoms with E-state index < -0.39 is 0 Å². The molecular weight excluding hydrogens is 386 g/mol. The second kappa shape index (κ2) is 5.69. The molecule has 6 heteroatoms. The smallest absolute Gasteiger partial charge is 0.228 e. The molecule has 2 aromatic rings. The van der Waals surface area contributed by atoms with Gasteiger partial charge in [0.1, 0.15) is 0 Å². The van der Waals surface area contributed by atoms with E-state index in [9.17, 15) is 4.79 Å². The molecule has 4 nitrogen and oxygen atoms in total. The first-order valence-corrected chi connectivity index (χ1v) is 7.96. The Kier molecular flexibility index (Phi) is 3.94. The number of aromatic amines is 1. The van der Waals surface area contributed by atoms with Crippen molar-refractivity contribution in [3.8, 4) is 0 Å². The van der Waals surface area contributed by atoms with Crippen LogP contribution in [0.4, 0.5) is 0 Å². The number of halogens is 2. The second-order valence-corrected chi connectivity index (χ2v) is 6.36. The second-order valence-electron chi connectivity index (χ2n) is 4.77. The first-order valence-electron chi connectivity index (χ1n) is 6.37. The number of rotatable bonds is 2. The number of H-pyrrole nitrogens is 1. The number of nitrogens with one attached hydrogen (secondary N) is 1. The summed E-state index contributed by atoms with van der Waals surface area (Å²) in [5, 5.41) is 0. The van der Waals surface area contributed by atoms with Crippen molar-refractivity contribution in [3.05, 3.63) is 50.4 Å². The van der Waals surface area contributed by atoms with E-state index in [0.717, 1.165) is 33.3 Å². The molecule has 1 aliphatic rings. The van der Waals surface area contributed by atoms with Gasteiger partial charge in [-0.05, 0) is 44.0 Å². The van der Waals surface area contributed by atoms with Crippen LogP contribution >= 0.6 is 31.9 Å². The number of fused-ring (bicyclic) bond motifs is 1. The van der Waals surface area contributed by atoms with Crippen LogP contribution in [0.15, 0.2) is 33.5 Å². The molecule has 0 saturated carbocycles. The number of aromatic nitrogens is 2. The molecule has 3 rings (SSSR count). The van der Waals surface area contributed by atoms with E-state index in [-0.39, 0.29) is 5.91 Å². The van der Waals surface area contributed by atoms with Gasteiger partial charge in [-0.15, -0.1) is 0 Å². The average molecular weight is 399 g/mol. The lowest BCUT2D eigenvalue weighted by Gasteiger charge is -2.27. The Bertz CT molecular complexity index is 639. The molecule has 2 aromatic heterocycles. The van der Waals surface area contributed by atoms with Gasteiger partial charge in [-0.3, -0.25) is 9.78 Å². The maximum atomic E-state index is 12.3. The first-order chi connectivity index (χ1) is 9.65. The van der Waals surface area contributed by atoms with Crippen molar-refractivity contribution in [3.63, 3.8) is 0 Å². The Morgan fingerprint density at radius 1 is 1.40 bits per heavy atom. The van der Waals surface area contributed by atoms with E-state index in [2.05, 4.69) is 41.8 Å². The highest BCUT2D eigenvalue weighted by Crippen LogP contribution is 2.33. The van der Waals surface area contributed by atoms with Gasteiger partial charge in [-0.25, -0.2) is 0 Å². The first kappa shape index (κ1) is 13.8. The zero-order chi connectivity index (χ0) is 14.1. The number of carbonyl (C=O) groups excluding carboxylic acids is 1. The summed E-state index contributed by atoms with van der Waals surface area (Å²) >= 11 is 7.02. The molecule has 1 aliphatic heterocycles. The highest BCUT2D eigenvalue weighted by atomic mass is 79.9. The summed E-state index contributed by atoms with van der Waals surface area (Å²) in [7, 11) is 0. The van der Waals surface area contributed by atoms with Crippen molar-refractivity contribution in [1.82, 2.24) is 14.9 Å². The lowest BCUT2D eigenvalue weighted by atomic mass is 10.1. The lowest BCUT2D eigenvalue weighted by Crippen LogP contribution is -2.36. The van der Waals surface area contributed by atoms with E-state index in [1.807, 2.05) is 23.1 Å². The molecule has 0 saturated heterocycles. The van der Waals surface area contributed by atoms with Crippen molar-refractivity contribution in [1.29, 1.82) is 0 Å². The number of carbonyl (C=O) groups is 1. The molecule has 3 heterocycles. The predicted molar refractivity (Wildman–Crippen MR) is 83.3 cm³/mol. The molecule has 0 fully saturated rings. The maximum Gasteiger partial charge on any atom is 0.228 e. The molecule has 104 valence electrons. The van der Waals surface area contributed by atoms with Crippen molar-refractivity contribution in [2.75, 3.05) is 6.54 Å². The number of pyridine rings is 1. The van der Waals surface area contributed by atoms with Crippen LogP contribution in [0.3, 0.4) is 0 Å². The SMILES string of the molecule is O=C(Cc1ccccn1)N1CCc2[nH]c(Br)c(Br)c2C1. The number of amides is 1. The average Bonchev–Trinajstić information content (AvgIpc) is 2.75. The number of hydrogen-bond acceptors (Lipinski definition) is 2. The van der Waals surface area contributed by atoms with Gasteiger partial charge in [0.25, 0.3) is 0 Å². The fraction of sp³-hybridized carbons (Fsp3) is 0.286. The Morgan fingerprint density at radius 2 is 2.25 bits per heavy atom. The van der Waals surface area contributed by atoms with Gasteiger partial charge in [0.2, 0.25) is 5.91 Å². The molecule has 20 heavy (non-hydrogen) atoms. The fourth-order valence-corrected chi connectivity index (χ4v) is 3.35.